The molecule has 1 aliphatic heterocycles. The lowest BCUT2D eigenvalue weighted by atomic mass is 10.1. The molecule has 0 unspecified atom stereocenters. The zero-order valence-electron chi connectivity index (χ0n) is 16.0. The lowest BCUT2D eigenvalue weighted by Gasteiger charge is -2.12. The van der Waals surface area contributed by atoms with Crippen molar-refractivity contribution in [2.45, 2.75) is 11.8 Å². The summed E-state index contributed by atoms with van der Waals surface area (Å²) >= 11 is 12.1. The number of carbonyl (C=O) groups is 1. The number of amides is 1. The smallest absolute Gasteiger partial charge is 0.280 e. The monoisotopic (exact) mass is 475 g/mol. The maximum absolute atomic E-state index is 12.9. The van der Waals surface area contributed by atoms with Gasteiger partial charge in [-0.25, -0.2) is 13.6 Å². The number of furan rings is 1. The summed E-state index contributed by atoms with van der Waals surface area (Å²) in [6.45, 7) is 1.71. The molecule has 2 N–H and O–H groups in total. The van der Waals surface area contributed by atoms with Gasteiger partial charge in [-0.05, 0) is 67.6 Å². The molecule has 0 saturated carbocycles. The van der Waals surface area contributed by atoms with E-state index in [1.807, 2.05) is 0 Å². The first-order chi connectivity index (χ1) is 14.6. The molecule has 0 atom stereocenters. The van der Waals surface area contributed by atoms with Crippen molar-refractivity contribution in [1.29, 1.82) is 0 Å². The van der Waals surface area contributed by atoms with E-state index in [9.17, 15) is 13.2 Å². The Balaban J connectivity index is 1.61. The molecule has 31 heavy (non-hydrogen) atoms. The normalized spacial score (nSPS) is 15.6. The molecule has 2 aromatic carbocycles. The van der Waals surface area contributed by atoms with Crippen LogP contribution in [-0.4, -0.2) is 20.0 Å². The number of anilines is 1. The van der Waals surface area contributed by atoms with Crippen LogP contribution in [0.3, 0.4) is 0 Å². The van der Waals surface area contributed by atoms with E-state index in [0.717, 1.165) is 0 Å². The number of halogens is 2. The molecule has 0 radical (unpaired) electrons. The van der Waals surface area contributed by atoms with Gasteiger partial charge >= 0.3 is 0 Å². The predicted octanol–water partition coefficient (Wildman–Crippen LogP) is 4.71. The van der Waals surface area contributed by atoms with Gasteiger partial charge in [0.1, 0.15) is 11.5 Å². The highest BCUT2D eigenvalue weighted by Crippen LogP contribution is 2.31. The van der Waals surface area contributed by atoms with Crippen LogP contribution in [-0.2, 0) is 14.8 Å². The topological polar surface area (TPSA) is 106 Å². The summed E-state index contributed by atoms with van der Waals surface area (Å²) in [6, 6.07) is 14.2. The number of nitrogens with two attached hydrogens (primary N) is 1. The van der Waals surface area contributed by atoms with Crippen LogP contribution in [0.1, 0.15) is 12.7 Å². The summed E-state index contributed by atoms with van der Waals surface area (Å²) in [6.07, 6.45) is 1.59. The van der Waals surface area contributed by atoms with Crippen molar-refractivity contribution in [3.63, 3.8) is 0 Å². The van der Waals surface area contributed by atoms with Crippen molar-refractivity contribution in [3.05, 3.63) is 76.0 Å². The standard InChI is InChI=1S/C21H15Cl2N3O4S/c1-12-19(21(27)26(25-12)16-9-14(22)8-15(23)10-16)11-17-4-7-20(30-17)13-2-5-18(6-3-13)31(24,28)29/h2-11H,1H3,(H2,24,28,29)/b19-11-. The molecule has 0 bridgehead atoms. The van der Waals surface area contributed by atoms with Crippen molar-refractivity contribution >= 4 is 56.6 Å². The van der Waals surface area contributed by atoms with Gasteiger partial charge in [-0.2, -0.15) is 10.1 Å². The lowest BCUT2D eigenvalue weighted by molar-refractivity contribution is -0.114. The summed E-state index contributed by atoms with van der Waals surface area (Å²) in [5, 5.41) is 11.4. The number of hydrogen-bond donors (Lipinski definition) is 1. The first-order valence-corrected chi connectivity index (χ1v) is 11.2. The Kier molecular flexibility index (Phi) is 5.49. The predicted molar refractivity (Wildman–Crippen MR) is 121 cm³/mol. The van der Waals surface area contributed by atoms with Crippen LogP contribution in [0.5, 0.6) is 0 Å². The number of carbonyl (C=O) groups excluding carboxylic acids is 1. The summed E-state index contributed by atoms with van der Waals surface area (Å²) < 4.78 is 28.6. The Morgan fingerprint density at radius 3 is 2.29 bits per heavy atom. The lowest BCUT2D eigenvalue weighted by Crippen LogP contribution is -2.21. The van der Waals surface area contributed by atoms with Crippen molar-refractivity contribution in [1.82, 2.24) is 0 Å². The van der Waals surface area contributed by atoms with Gasteiger partial charge in [0.2, 0.25) is 10.0 Å². The second-order valence-electron chi connectivity index (χ2n) is 6.76. The number of nitrogens with zero attached hydrogens (tertiary/aromatic N) is 2. The molecule has 1 aromatic heterocycles. The molecule has 10 heteroatoms. The molecule has 0 aliphatic carbocycles. The van der Waals surface area contributed by atoms with E-state index >= 15 is 0 Å². The second kappa shape index (κ2) is 7.97. The van der Waals surface area contributed by atoms with E-state index in [2.05, 4.69) is 5.10 Å². The number of sulfonamides is 1. The van der Waals surface area contributed by atoms with Crippen LogP contribution in [0.2, 0.25) is 10.0 Å². The second-order valence-corrected chi connectivity index (χ2v) is 9.19. The maximum Gasteiger partial charge on any atom is 0.280 e. The molecular weight excluding hydrogens is 461 g/mol. The van der Waals surface area contributed by atoms with Crippen LogP contribution < -0.4 is 10.1 Å². The fourth-order valence-corrected chi connectivity index (χ4v) is 4.09. The average molecular weight is 476 g/mol. The summed E-state index contributed by atoms with van der Waals surface area (Å²) in [7, 11) is -3.77. The van der Waals surface area contributed by atoms with Gasteiger partial charge in [0.15, 0.2) is 0 Å². The number of benzene rings is 2. The van der Waals surface area contributed by atoms with Crippen molar-refractivity contribution in [2.24, 2.45) is 10.2 Å². The Morgan fingerprint density at radius 1 is 1.03 bits per heavy atom. The van der Waals surface area contributed by atoms with Gasteiger partial charge in [-0.1, -0.05) is 23.2 Å². The highest BCUT2D eigenvalue weighted by molar-refractivity contribution is 7.89. The maximum atomic E-state index is 12.9. The summed E-state index contributed by atoms with van der Waals surface area (Å²) in [5.41, 5.74) is 1.99. The third-order valence-corrected chi connectivity index (χ3v) is 5.90. The zero-order valence-corrected chi connectivity index (χ0v) is 18.4. The fraction of sp³-hybridized carbons (Fsp3) is 0.0476. The molecule has 0 spiro atoms. The third-order valence-electron chi connectivity index (χ3n) is 4.54. The SMILES string of the molecule is CC1=NN(c2cc(Cl)cc(Cl)c2)C(=O)/C1=C\c1ccc(-c2ccc(S(N)(=O)=O)cc2)o1. The van der Waals surface area contributed by atoms with Crippen molar-refractivity contribution in [2.75, 3.05) is 5.01 Å². The molecular formula is C21H15Cl2N3O4S. The molecule has 3 aromatic rings. The van der Waals surface area contributed by atoms with Gasteiger partial charge in [0.25, 0.3) is 5.91 Å². The van der Waals surface area contributed by atoms with E-state index in [1.165, 1.54) is 17.1 Å². The van der Waals surface area contributed by atoms with Crippen LogP contribution in [0, 0.1) is 0 Å². The quantitative estimate of drug-likeness (QED) is 0.551. The minimum absolute atomic E-state index is 0.00902. The molecule has 7 nitrogen and oxygen atoms in total. The first kappa shape index (κ1) is 21.3. The van der Waals surface area contributed by atoms with Gasteiger partial charge in [0.05, 0.1) is 21.9 Å². The van der Waals surface area contributed by atoms with Gasteiger partial charge in [0, 0.05) is 15.6 Å². The van der Waals surface area contributed by atoms with Gasteiger partial charge in [-0.15, -0.1) is 0 Å². The molecule has 158 valence electrons. The Bertz CT molecular complexity index is 1340. The minimum atomic E-state index is -3.77. The van der Waals surface area contributed by atoms with Crippen LogP contribution in [0.15, 0.2) is 74.6 Å². The van der Waals surface area contributed by atoms with Gasteiger partial charge < -0.3 is 4.42 Å². The Hall–Kier alpha value is -2.91. The third kappa shape index (κ3) is 4.42. The van der Waals surface area contributed by atoms with Crippen LogP contribution in [0.25, 0.3) is 17.4 Å². The van der Waals surface area contributed by atoms with Crippen molar-refractivity contribution in [3.8, 4) is 11.3 Å². The highest BCUT2D eigenvalue weighted by atomic mass is 35.5. The molecule has 0 fully saturated rings. The zero-order chi connectivity index (χ0) is 22.3. The molecule has 1 amide bonds. The average Bonchev–Trinajstić information content (AvgIpc) is 3.27. The van der Waals surface area contributed by atoms with Crippen molar-refractivity contribution < 1.29 is 17.6 Å². The summed E-state index contributed by atoms with van der Waals surface area (Å²) in [4.78, 5) is 12.9. The Morgan fingerprint density at radius 2 is 1.68 bits per heavy atom. The van der Waals surface area contributed by atoms with Crippen LogP contribution in [0.4, 0.5) is 5.69 Å². The minimum Gasteiger partial charge on any atom is -0.457 e. The number of hydrazone groups is 1. The molecule has 0 saturated heterocycles. The molecule has 4 rings (SSSR count). The fourth-order valence-electron chi connectivity index (χ4n) is 3.06. The Labute approximate surface area is 188 Å². The number of hydrogen-bond acceptors (Lipinski definition) is 5. The first-order valence-electron chi connectivity index (χ1n) is 8.93. The van der Waals surface area contributed by atoms with E-state index < -0.39 is 10.0 Å². The molecule has 1 aliphatic rings. The highest BCUT2D eigenvalue weighted by Gasteiger charge is 2.29. The molecule has 2 heterocycles. The summed E-state index contributed by atoms with van der Waals surface area (Å²) in [5.74, 6) is 0.604. The number of rotatable bonds is 4. The van der Waals surface area contributed by atoms with Gasteiger partial charge in [-0.3, -0.25) is 4.79 Å². The van der Waals surface area contributed by atoms with E-state index in [1.54, 1.807) is 55.5 Å². The van der Waals surface area contributed by atoms with E-state index in [4.69, 9.17) is 32.8 Å². The van der Waals surface area contributed by atoms with E-state index in [-0.39, 0.29) is 10.8 Å². The van der Waals surface area contributed by atoms with Crippen LogP contribution >= 0.6 is 23.2 Å². The van der Waals surface area contributed by atoms with E-state index in [0.29, 0.717) is 44.1 Å². The largest absolute Gasteiger partial charge is 0.457 e. The number of primary sulfonamides is 1.